The molecule has 1 atom stereocenters. The molecule has 0 saturated carbocycles. The van der Waals surface area contributed by atoms with E-state index in [1.807, 2.05) is 72.1 Å². The minimum atomic E-state index is -1.04. The van der Waals surface area contributed by atoms with E-state index < -0.39 is 5.60 Å². The Labute approximate surface area is 156 Å². The minimum absolute atomic E-state index is 0.173. The van der Waals surface area contributed by atoms with Gasteiger partial charge in [0.15, 0.2) is 5.96 Å². The third-order valence-corrected chi connectivity index (χ3v) is 4.82. The highest BCUT2D eigenvalue weighted by Gasteiger charge is 2.23. The molecule has 26 heavy (non-hydrogen) atoms. The topological polar surface area (TPSA) is 79.9 Å². The lowest BCUT2D eigenvalue weighted by molar-refractivity contribution is 0.0713. The zero-order chi connectivity index (χ0) is 18.4. The van der Waals surface area contributed by atoms with Crippen molar-refractivity contribution < 1.29 is 9.84 Å². The third kappa shape index (κ3) is 4.84. The molecule has 5 nitrogen and oxygen atoms in total. The van der Waals surface area contributed by atoms with Crippen LogP contribution < -0.4 is 15.8 Å². The molecule has 0 bridgehead atoms. The Morgan fingerprint density at radius 2 is 1.88 bits per heavy atom. The molecule has 0 aliphatic carbocycles. The van der Waals surface area contributed by atoms with E-state index in [0.717, 1.165) is 16.3 Å². The number of ether oxygens (including phenoxy) is 1. The summed E-state index contributed by atoms with van der Waals surface area (Å²) in [6.45, 7) is 1.90. The van der Waals surface area contributed by atoms with Crippen molar-refractivity contribution in [2.45, 2.75) is 12.5 Å². The quantitative estimate of drug-likeness (QED) is 0.451. The molecule has 0 spiro atoms. The second kappa shape index (κ2) is 8.03. The number of anilines is 1. The maximum absolute atomic E-state index is 10.5. The van der Waals surface area contributed by atoms with Crippen molar-refractivity contribution in [3.63, 3.8) is 0 Å². The van der Waals surface area contributed by atoms with E-state index in [1.165, 1.54) is 11.3 Å². The summed E-state index contributed by atoms with van der Waals surface area (Å²) in [4.78, 5) is 5.11. The van der Waals surface area contributed by atoms with Gasteiger partial charge in [-0.25, -0.2) is 4.99 Å². The molecule has 0 radical (unpaired) electrons. The molecule has 0 aliphatic rings. The van der Waals surface area contributed by atoms with Crippen molar-refractivity contribution >= 4 is 23.0 Å². The van der Waals surface area contributed by atoms with Gasteiger partial charge in [-0.3, -0.25) is 0 Å². The lowest BCUT2D eigenvalue weighted by atomic mass is 10.1. The number of para-hydroxylation sites is 1. The maximum atomic E-state index is 10.5. The zero-order valence-corrected chi connectivity index (χ0v) is 15.2. The van der Waals surface area contributed by atoms with Crippen LogP contribution in [0.3, 0.4) is 0 Å². The first-order valence-electron chi connectivity index (χ1n) is 8.19. The Balaban J connectivity index is 1.64. The number of hydrogen-bond acceptors (Lipinski definition) is 4. The van der Waals surface area contributed by atoms with Crippen LogP contribution in [0.4, 0.5) is 5.69 Å². The van der Waals surface area contributed by atoms with E-state index in [9.17, 15) is 5.11 Å². The van der Waals surface area contributed by atoms with E-state index in [4.69, 9.17) is 10.5 Å². The van der Waals surface area contributed by atoms with Crippen LogP contribution in [-0.4, -0.2) is 17.6 Å². The number of hydrogen-bond donors (Lipinski definition) is 3. The summed E-state index contributed by atoms with van der Waals surface area (Å²) in [7, 11) is 0. The zero-order valence-electron chi connectivity index (χ0n) is 14.4. The molecule has 2 aromatic carbocycles. The number of aliphatic hydroxyl groups is 1. The fraction of sp³-hybridized carbons (Fsp3) is 0.150. The van der Waals surface area contributed by atoms with Gasteiger partial charge in [-0.15, -0.1) is 11.3 Å². The number of guanidine groups is 1. The van der Waals surface area contributed by atoms with Gasteiger partial charge in [0.25, 0.3) is 0 Å². The molecule has 1 heterocycles. The Hall–Kier alpha value is -2.83. The SMILES string of the molecule is CC(O)(CN=C(N)Nc1cccc(Oc2ccccc2)c1)c1cccs1. The third-order valence-electron chi connectivity index (χ3n) is 3.69. The van der Waals surface area contributed by atoms with Crippen LogP contribution in [0.2, 0.25) is 0 Å². The first kappa shape index (κ1) is 18.0. The Morgan fingerprint density at radius 1 is 1.12 bits per heavy atom. The molecule has 3 aromatic rings. The molecule has 4 N–H and O–H groups in total. The van der Waals surface area contributed by atoms with Crippen LogP contribution >= 0.6 is 11.3 Å². The molecule has 3 rings (SSSR count). The molecular weight excluding hydrogens is 346 g/mol. The van der Waals surface area contributed by atoms with Gasteiger partial charge in [-0.1, -0.05) is 30.3 Å². The van der Waals surface area contributed by atoms with E-state index in [0.29, 0.717) is 5.75 Å². The van der Waals surface area contributed by atoms with Crippen molar-refractivity contribution in [1.82, 2.24) is 0 Å². The number of nitrogens with one attached hydrogen (secondary N) is 1. The number of benzene rings is 2. The first-order valence-corrected chi connectivity index (χ1v) is 9.07. The Bertz CT molecular complexity index is 862. The minimum Gasteiger partial charge on any atom is -0.457 e. The van der Waals surface area contributed by atoms with Crippen LogP contribution in [0.1, 0.15) is 11.8 Å². The van der Waals surface area contributed by atoms with Gasteiger partial charge >= 0.3 is 0 Å². The van der Waals surface area contributed by atoms with Gasteiger partial charge in [0, 0.05) is 16.6 Å². The molecule has 134 valence electrons. The first-order chi connectivity index (χ1) is 12.5. The second-order valence-corrected chi connectivity index (χ2v) is 6.97. The number of aliphatic imine (C=N–C) groups is 1. The summed E-state index contributed by atoms with van der Waals surface area (Å²) >= 11 is 1.49. The molecular formula is C20H21N3O2S. The molecule has 0 fully saturated rings. The van der Waals surface area contributed by atoms with Crippen LogP contribution in [0.15, 0.2) is 77.1 Å². The van der Waals surface area contributed by atoms with Crippen LogP contribution in [0.5, 0.6) is 11.5 Å². The van der Waals surface area contributed by atoms with E-state index in [1.54, 1.807) is 6.92 Å². The molecule has 0 saturated heterocycles. The highest BCUT2D eigenvalue weighted by atomic mass is 32.1. The number of nitrogens with two attached hydrogens (primary N) is 1. The second-order valence-electron chi connectivity index (χ2n) is 6.02. The summed E-state index contributed by atoms with van der Waals surface area (Å²) in [5.74, 6) is 1.69. The van der Waals surface area contributed by atoms with Gasteiger partial charge in [0.05, 0.1) is 6.54 Å². The normalized spacial score (nSPS) is 13.8. The summed E-state index contributed by atoms with van der Waals surface area (Å²) < 4.78 is 5.80. The summed E-state index contributed by atoms with van der Waals surface area (Å²) in [5.41, 5.74) is 5.68. The van der Waals surface area contributed by atoms with Crippen LogP contribution in [0.25, 0.3) is 0 Å². The van der Waals surface area contributed by atoms with Gasteiger partial charge in [0.2, 0.25) is 0 Å². The van der Waals surface area contributed by atoms with Crippen molar-refractivity contribution in [2.75, 3.05) is 11.9 Å². The highest BCUT2D eigenvalue weighted by molar-refractivity contribution is 7.10. The Morgan fingerprint density at radius 3 is 2.62 bits per heavy atom. The summed E-state index contributed by atoms with van der Waals surface area (Å²) in [5, 5.41) is 15.4. The summed E-state index contributed by atoms with van der Waals surface area (Å²) in [6, 6.07) is 20.8. The highest BCUT2D eigenvalue weighted by Crippen LogP contribution is 2.26. The van der Waals surface area contributed by atoms with Gasteiger partial charge in [0.1, 0.15) is 17.1 Å². The number of rotatable bonds is 6. The smallest absolute Gasteiger partial charge is 0.193 e. The van der Waals surface area contributed by atoms with E-state index in [-0.39, 0.29) is 12.5 Å². The largest absolute Gasteiger partial charge is 0.457 e. The van der Waals surface area contributed by atoms with Gasteiger partial charge < -0.3 is 20.9 Å². The van der Waals surface area contributed by atoms with Crippen molar-refractivity contribution in [2.24, 2.45) is 10.7 Å². The van der Waals surface area contributed by atoms with Crippen molar-refractivity contribution in [3.8, 4) is 11.5 Å². The predicted octanol–water partition coefficient (Wildman–Crippen LogP) is 4.17. The van der Waals surface area contributed by atoms with Crippen molar-refractivity contribution in [1.29, 1.82) is 0 Å². The molecule has 1 unspecified atom stereocenters. The monoisotopic (exact) mass is 367 g/mol. The number of thiophene rings is 1. The predicted molar refractivity (Wildman–Crippen MR) is 107 cm³/mol. The maximum Gasteiger partial charge on any atom is 0.193 e. The van der Waals surface area contributed by atoms with E-state index in [2.05, 4.69) is 10.3 Å². The van der Waals surface area contributed by atoms with Crippen LogP contribution in [-0.2, 0) is 5.60 Å². The number of nitrogens with zero attached hydrogens (tertiary/aromatic N) is 1. The molecule has 0 amide bonds. The van der Waals surface area contributed by atoms with Gasteiger partial charge in [-0.2, -0.15) is 0 Å². The fourth-order valence-electron chi connectivity index (χ4n) is 2.35. The standard InChI is InChI=1S/C20H21N3O2S/c1-20(24,18-11-6-12-26-18)14-22-19(21)23-15-7-5-10-17(13-15)25-16-8-3-2-4-9-16/h2-13,24H,14H2,1H3,(H3,21,22,23). The lowest BCUT2D eigenvalue weighted by Gasteiger charge is -2.19. The fourth-order valence-corrected chi connectivity index (χ4v) is 3.13. The Kier molecular flexibility index (Phi) is 5.55. The molecule has 0 aliphatic heterocycles. The van der Waals surface area contributed by atoms with Gasteiger partial charge in [-0.05, 0) is 42.6 Å². The summed E-state index contributed by atoms with van der Waals surface area (Å²) in [6.07, 6.45) is 0. The average Bonchev–Trinajstić information content (AvgIpc) is 3.17. The van der Waals surface area contributed by atoms with E-state index >= 15 is 0 Å². The average molecular weight is 367 g/mol. The molecule has 1 aromatic heterocycles. The van der Waals surface area contributed by atoms with Crippen molar-refractivity contribution in [3.05, 3.63) is 77.0 Å². The lowest BCUT2D eigenvalue weighted by Crippen LogP contribution is -2.29. The van der Waals surface area contributed by atoms with Crippen LogP contribution in [0, 0.1) is 0 Å². The molecule has 6 heteroatoms.